The van der Waals surface area contributed by atoms with Crippen LogP contribution in [0, 0.1) is 16.0 Å². The fourth-order valence-corrected chi connectivity index (χ4v) is 0.549. The highest BCUT2D eigenvalue weighted by atomic mass is 16.6. The first-order valence-corrected chi connectivity index (χ1v) is 3.23. The van der Waals surface area contributed by atoms with Crippen molar-refractivity contribution >= 4 is 0 Å². The van der Waals surface area contributed by atoms with Gasteiger partial charge in [0.15, 0.2) is 0 Å². The van der Waals surface area contributed by atoms with E-state index in [1.807, 2.05) is 13.8 Å². The summed E-state index contributed by atoms with van der Waals surface area (Å²) in [6, 6.07) is -0.394. The molecular formula is C6H13NO2. The lowest BCUT2D eigenvalue weighted by atomic mass is 10.0. The van der Waals surface area contributed by atoms with Gasteiger partial charge in [-0.2, -0.15) is 0 Å². The molecule has 0 aliphatic heterocycles. The summed E-state index contributed by atoms with van der Waals surface area (Å²) in [5.41, 5.74) is 0. The second-order valence-corrected chi connectivity index (χ2v) is 2.41. The number of nitrogens with zero attached hydrogens (tertiary/aromatic N) is 1. The van der Waals surface area contributed by atoms with E-state index in [1.165, 1.54) is 0 Å². The maximum absolute atomic E-state index is 10.1. The van der Waals surface area contributed by atoms with E-state index in [-0.39, 0.29) is 10.8 Å². The molecule has 2 unspecified atom stereocenters. The lowest BCUT2D eigenvalue weighted by molar-refractivity contribution is -0.527. The molecule has 0 saturated carbocycles. The second-order valence-electron chi connectivity index (χ2n) is 2.41. The molecule has 0 heterocycles. The molecule has 0 N–H and O–H groups in total. The molecule has 0 bridgehead atoms. The maximum Gasteiger partial charge on any atom is 0.212 e. The van der Waals surface area contributed by atoms with Crippen LogP contribution in [0.3, 0.4) is 0 Å². The van der Waals surface area contributed by atoms with E-state index < -0.39 is 6.04 Å². The van der Waals surface area contributed by atoms with Gasteiger partial charge in [0.05, 0.1) is 0 Å². The molecule has 0 saturated heterocycles. The molecule has 0 aliphatic carbocycles. The summed E-state index contributed by atoms with van der Waals surface area (Å²) in [7, 11) is 0. The molecule has 0 rings (SSSR count). The monoisotopic (exact) mass is 131 g/mol. The van der Waals surface area contributed by atoms with Gasteiger partial charge in [0.25, 0.3) is 0 Å². The Hall–Kier alpha value is -0.600. The summed E-state index contributed by atoms with van der Waals surface area (Å²) >= 11 is 0. The fourth-order valence-electron chi connectivity index (χ4n) is 0.549. The van der Waals surface area contributed by atoms with Crippen LogP contribution in [-0.4, -0.2) is 11.0 Å². The molecule has 9 heavy (non-hydrogen) atoms. The topological polar surface area (TPSA) is 43.1 Å². The van der Waals surface area contributed by atoms with Crippen molar-refractivity contribution in [2.75, 3.05) is 0 Å². The van der Waals surface area contributed by atoms with E-state index in [0.717, 1.165) is 6.42 Å². The van der Waals surface area contributed by atoms with Crippen LogP contribution in [-0.2, 0) is 0 Å². The van der Waals surface area contributed by atoms with Crippen molar-refractivity contribution in [1.82, 2.24) is 0 Å². The maximum atomic E-state index is 10.1. The standard InChI is InChI=1S/C6H13NO2/c1-4-5(2)6(3)7(8)9/h5-6H,4H2,1-3H3. The third-order valence-electron chi connectivity index (χ3n) is 1.80. The van der Waals surface area contributed by atoms with Gasteiger partial charge in [-0.3, -0.25) is 10.1 Å². The minimum atomic E-state index is -0.394. The highest BCUT2D eigenvalue weighted by Gasteiger charge is 2.19. The zero-order chi connectivity index (χ0) is 7.44. The molecule has 0 aromatic carbocycles. The van der Waals surface area contributed by atoms with E-state index in [2.05, 4.69) is 0 Å². The molecular weight excluding hydrogens is 118 g/mol. The predicted octanol–water partition coefficient (Wildman–Crippen LogP) is 1.70. The van der Waals surface area contributed by atoms with E-state index in [0.29, 0.717) is 0 Å². The van der Waals surface area contributed by atoms with Gasteiger partial charge in [0.2, 0.25) is 6.04 Å². The molecule has 2 atom stereocenters. The Morgan fingerprint density at radius 1 is 1.56 bits per heavy atom. The third kappa shape index (κ3) is 2.44. The first-order chi connectivity index (χ1) is 4.09. The van der Waals surface area contributed by atoms with Gasteiger partial charge in [-0.15, -0.1) is 0 Å². The molecule has 0 aromatic rings. The number of rotatable bonds is 3. The highest BCUT2D eigenvalue weighted by Crippen LogP contribution is 2.08. The van der Waals surface area contributed by atoms with E-state index >= 15 is 0 Å². The minimum Gasteiger partial charge on any atom is -0.264 e. The van der Waals surface area contributed by atoms with Gasteiger partial charge in [-0.25, -0.2) is 0 Å². The molecule has 0 radical (unpaired) electrons. The lowest BCUT2D eigenvalue weighted by Gasteiger charge is -2.08. The van der Waals surface area contributed by atoms with Crippen LogP contribution in [0.25, 0.3) is 0 Å². The Labute approximate surface area is 55.2 Å². The van der Waals surface area contributed by atoms with E-state index in [9.17, 15) is 10.1 Å². The molecule has 0 spiro atoms. The number of nitro groups is 1. The molecule has 0 fully saturated rings. The number of hydrogen-bond acceptors (Lipinski definition) is 2. The Morgan fingerprint density at radius 2 is 2.00 bits per heavy atom. The Morgan fingerprint density at radius 3 is 2.11 bits per heavy atom. The smallest absolute Gasteiger partial charge is 0.212 e. The van der Waals surface area contributed by atoms with Gasteiger partial charge >= 0.3 is 0 Å². The second kappa shape index (κ2) is 3.43. The molecule has 0 aromatic heterocycles. The summed E-state index contributed by atoms with van der Waals surface area (Å²) in [5.74, 6) is 0.194. The van der Waals surface area contributed by atoms with Gasteiger partial charge in [-0.05, 0) is 6.42 Å². The van der Waals surface area contributed by atoms with Crippen LogP contribution in [0.2, 0.25) is 0 Å². The Bertz CT molecular complexity index is 103. The van der Waals surface area contributed by atoms with Crippen LogP contribution < -0.4 is 0 Å². The van der Waals surface area contributed by atoms with Crippen LogP contribution in [0.4, 0.5) is 0 Å². The molecule has 3 heteroatoms. The fraction of sp³-hybridized carbons (Fsp3) is 1.00. The van der Waals surface area contributed by atoms with Gasteiger partial charge < -0.3 is 0 Å². The van der Waals surface area contributed by atoms with Gasteiger partial charge in [-0.1, -0.05) is 13.8 Å². The Balaban J connectivity index is 3.72. The third-order valence-corrected chi connectivity index (χ3v) is 1.80. The summed E-state index contributed by atoms with van der Waals surface area (Å²) in [4.78, 5) is 9.88. The van der Waals surface area contributed by atoms with Crippen LogP contribution >= 0.6 is 0 Å². The van der Waals surface area contributed by atoms with Crippen LogP contribution in [0.5, 0.6) is 0 Å². The van der Waals surface area contributed by atoms with Crippen molar-refractivity contribution in [3.8, 4) is 0 Å². The van der Waals surface area contributed by atoms with Crippen LogP contribution in [0.15, 0.2) is 0 Å². The van der Waals surface area contributed by atoms with Gasteiger partial charge in [0, 0.05) is 17.8 Å². The average Bonchev–Trinajstić information content (AvgIpc) is 1.84. The van der Waals surface area contributed by atoms with E-state index in [1.54, 1.807) is 6.92 Å². The lowest BCUT2D eigenvalue weighted by Crippen LogP contribution is -2.22. The average molecular weight is 131 g/mol. The molecule has 3 nitrogen and oxygen atoms in total. The minimum absolute atomic E-state index is 0.194. The van der Waals surface area contributed by atoms with Crippen LogP contribution in [0.1, 0.15) is 27.2 Å². The quantitative estimate of drug-likeness (QED) is 0.432. The highest BCUT2D eigenvalue weighted by molar-refractivity contribution is 4.56. The van der Waals surface area contributed by atoms with E-state index in [4.69, 9.17) is 0 Å². The summed E-state index contributed by atoms with van der Waals surface area (Å²) in [5, 5.41) is 10.1. The first-order valence-electron chi connectivity index (χ1n) is 3.23. The zero-order valence-corrected chi connectivity index (χ0v) is 6.13. The number of hydrogen-bond donors (Lipinski definition) is 0. The van der Waals surface area contributed by atoms with Crippen molar-refractivity contribution in [1.29, 1.82) is 0 Å². The largest absolute Gasteiger partial charge is 0.264 e. The van der Waals surface area contributed by atoms with Crippen molar-refractivity contribution in [3.05, 3.63) is 10.1 Å². The van der Waals surface area contributed by atoms with Gasteiger partial charge in [0.1, 0.15) is 0 Å². The van der Waals surface area contributed by atoms with Crippen molar-refractivity contribution in [3.63, 3.8) is 0 Å². The predicted molar refractivity (Wildman–Crippen MR) is 35.9 cm³/mol. The molecule has 0 aliphatic rings. The van der Waals surface area contributed by atoms with Crippen molar-refractivity contribution < 1.29 is 4.92 Å². The first kappa shape index (κ1) is 8.40. The zero-order valence-electron chi connectivity index (χ0n) is 6.13. The summed E-state index contributed by atoms with van der Waals surface area (Å²) < 4.78 is 0. The van der Waals surface area contributed by atoms with Crippen molar-refractivity contribution in [2.45, 2.75) is 33.2 Å². The summed E-state index contributed by atoms with van der Waals surface area (Å²) in [6.45, 7) is 5.51. The SMILES string of the molecule is CCC(C)C(C)[N+](=O)[O-]. The molecule has 0 amide bonds. The molecule has 54 valence electrons. The summed E-state index contributed by atoms with van der Waals surface area (Å²) in [6.07, 6.45) is 0.877. The van der Waals surface area contributed by atoms with Crippen molar-refractivity contribution in [2.24, 2.45) is 5.92 Å². The normalized spacial score (nSPS) is 16.8. The Kier molecular flexibility index (Phi) is 3.20.